The molecule has 0 bridgehead atoms. The van der Waals surface area contributed by atoms with E-state index < -0.39 is 5.82 Å². The van der Waals surface area contributed by atoms with Crippen LogP contribution in [-0.4, -0.2) is 25.4 Å². The molecule has 1 saturated carbocycles. The van der Waals surface area contributed by atoms with Gasteiger partial charge < -0.3 is 20.5 Å². The predicted molar refractivity (Wildman–Crippen MR) is 78.7 cm³/mol. The van der Waals surface area contributed by atoms with Gasteiger partial charge in [0.2, 0.25) is 0 Å². The minimum absolute atomic E-state index is 0.0853. The van der Waals surface area contributed by atoms with Gasteiger partial charge in [0, 0.05) is 25.8 Å². The molecule has 1 aliphatic rings. The molecule has 5 heteroatoms. The van der Waals surface area contributed by atoms with Crippen LogP contribution < -0.4 is 15.8 Å². The van der Waals surface area contributed by atoms with E-state index in [4.69, 9.17) is 15.2 Å². The first-order chi connectivity index (χ1) is 9.46. The van der Waals surface area contributed by atoms with Crippen LogP contribution in [0.1, 0.15) is 33.1 Å². The molecule has 4 nitrogen and oxygen atoms in total. The molecule has 1 fully saturated rings. The maximum absolute atomic E-state index is 13.8. The standard InChI is InChI=1S/C15H23FN2O2/c1-10(2)20-14-8-13(12(17)7-11(14)16)18-9-15(19-3)5-4-6-15/h7-8,10,18H,4-6,9,17H2,1-3H3. The maximum Gasteiger partial charge on any atom is 0.167 e. The van der Waals surface area contributed by atoms with E-state index in [0.717, 1.165) is 12.8 Å². The van der Waals surface area contributed by atoms with Gasteiger partial charge in [-0.05, 0) is 33.1 Å². The van der Waals surface area contributed by atoms with Gasteiger partial charge in [-0.3, -0.25) is 0 Å². The predicted octanol–water partition coefficient (Wildman–Crippen LogP) is 3.18. The molecular formula is C15H23FN2O2. The molecule has 20 heavy (non-hydrogen) atoms. The van der Waals surface area contributed by atoms with Crippen LogP contribution in [0.3, 0.4) is 0 Å². The van der Waals surface area contributed by atoms with Crippen LogP contribution >= 0.6 is 0 Å². The van der Waals surface area contributed by atoms with Crippen molar-refractivity contribution in [3.8, 4) is 5.75 Å². The SMILES string of the molecule is COC1(CNc2cc(OC(C)C)c(F)cc2N)CCC1. The quantitative estimate of drug-likeness (QED) is 0.787. The number of rotatable bonds is 6. The lowest BCUT2D eigenvalue weighted by molar-refractivity contribution is -0.0601. The normalized spacial score (nSPS) is 16.9. The van der Waals surface area contributed by atoms with Crippen LogP contribution in [0.15, 0.2) is 12.1 Å². The fraction of sp³-hybridized carbons (Fsp3) is 0.600. The Morgan fingerprint density at radius 1 is 1.40 bits per heavy atom. The van der Waals surface area contributed by atoms with Crippen molar-refractivity contribution < 1.29 is 13.9 Å². The smallest absolute Gasteiger partial charge is 0.167 e. The molecule has 0 spiro atoms. The number of ether oxygens (including phenoxy) is 2. The zero-order chi connectivity index (χ0) is 14.8. The van der Waals surface area contributed by atoms with Crippen molar-refractivity contribution in [2.75, 3.05) is 24.7 Å². The Kier molecular flexibility index (Phi) is 4.38. The third-order valence-electron chi connectivity index (χ3n) is 3.77. The Morgan fingerprint density at radius 2 is 2.10 bits per heavy atom. The van der Waals surface area contributed by atoms with Crippen molar-refractivity contribution in [3.63, 3.8) is 0 Å². The molecular weight excluding hydrogens is 259 g/mol. The van der Waals surface area contributed by atoms with Crippen LogP contribution in [-0.2, 0) is 4.74 Å². The summed E-state index contributed by atoms with van der Waals surface area (Å²) in [4.78, 5) is 0. The summed E-state index contributed by atoms with van der Waals surface area (Å²) in [5.41, 5.74) is 6.81. The second-order valence-corrected chi connectivity index (χ2v) is 5.63. The molecule has 0 aromatic heterocycles. The first-order valence-electron chi connectivity index (χ1n) is 7.00. The second-order valence-electron chi connectivity index (χ2n) is 5.63. The summed E-state index contributed by atoms with van der Waals surface area (Å²) in [5, 5.41) is 3.25. The lowest BCUT2D eigenvalue weighted by atomic mass is 9.80. The molecule has 2 rings (SSSR count). The van der Waals surface area contributed by atoms with Gasteiger partial charge in [-0.2, -0.15) is 0 Å². The van der Waals surface area contributed by atoms with Gasteiger partial charge in [0.05, 0.1) is 23.1 Å². The van der Waals surface area contributed by atoms with E-state index in [2.05, 4.69) is 5.32 Å². The van der Waals surface area contributed by atoms with Crippen LogP contribution in [0.25, 0.3) is 0 Å². The molecule has 0 aliphatic heterocycles. The van der Waals surface area contributed by atoms with E-state index in [1.54, 1.807) is 13.2 Å². The van der Waals surface area contributed by atoms with E-state index >= 15 is 0 Å². The third-order valence-corrected chi connectivity index (χ3v) is 3.77. The summed E-state index contributed by atoms with van der Waals surface area (Å²) in [6, 6.07) is 2.91. The fourth-order valence-electron chi connectivity index (χ4n) is 2.35. The van der Waals surface area contributed by atoms with Gasteiger partial charge >= 0.3 is 0 Å². The van der Waals surface area contributed by atoms with Crippen molar-refractivity contribution in [3.05, 3.63) is 17.9 Å². The Labute approximate surface area is 119 Å². The number of nitrogen functional groups attached to an aromatic ring is 1. The topological polar surface area (TPSA) is 56.5 Å². The first kappa shape index (κ1) is 14.9. The van der Waals surface area contributed by atoms with E-state index in [0.29, 0.717) is 17.9 Å². The number of methoxy groups -OCH3 is 1. The molecule has 1 aromatic rings. The third kappa shape index (κ3) is 3.15. The zero-order valence-electron chi connectivity index (χ0n) is 12.3. The summed E-state index contributed by atoms with van der Waals surface area (Å²) in [6.45, 7) is 4.38. The minimum Gasteiger partial charge on any atom is -0.488 e. The number of hydrogen-bond acceptors (Lipinski definition) is 4. The number of benzene rings is 1. The molecule has 1 aromatic carbocycles. The highest BCUT2D eigenvalue weighted by atomic mass is 19.1. The van der Waals surface area contributed by atoms with Gasteiger partial charge in [-0.15, -0.1) is 0 Å². The molecule has 0 heterocycles. The Hall–Kier alpha value is -1.49. The molecule has 3 N–H and O–H groups in total. The molecule has 0 radical (unpaired) electrons. The van der Waals surface area contributed by atoms with Crippen LogP contribution in [0.4, 0.5) is 15.8 Å². The maximum atomic E-state index is 13.8. The number of nitrogens with two attached hydrogens (primary N) is 1. The van der Waals surface area contributed by atoms with Crippen molar-refractivity contribution >= 4 is 11.4 Å². The van der Waals surface area contributed by atoms with Gasteiger partial charge in [-0.1, -0.05) is 0 Å². The highest BCUT2D eigenvalue weighted by molar-refractivity contribution is 5.68. The molecule has 1 aliphatic carbocycles. The highest BCUT2D eigenvalue weighted by Gasteiger charge is 2.36. The fourth-order valence-corrected chi connectivity index (χ4v) is 2.35. The summed E-state index contributed by atoms with van der Waals surface area (Å²) >= 11 is 0. The van der Waals surface area contributed by atoms with E-state index in [-0.39, 0.29) is 17.5 Å². The molecule has 0 saturated heterocycles. The highest BCUT2D eigenvalue weighted by Crippen LogP contribution is 2.36. The first-order valence-corrected chi connectivity index (χ1v) is 7.00. The summed E-state index contributed by atoms with van der Waals surface area (Å²) in [5.74, 6) is -0.219. The lowest BCUT2D eigenvalue weighted by Gasteiger charge is -2.40. The summed E-state index contributed by atoms with van der Waals surface area (Å²) in [7, 11) is 1.72. The second kappa shape index (κ2) is 5.87. The number of anilines is 2. The molecule has 112 valence electrons. The average Bonchev–Trinajstić information content (AvgIpc) is 2.33. The molecule has 0 atom stereocenters. The van der Waals surface area contributed by atoms with Crippen molar-refractivity contribution in [2.24, 2.45) is 0 Å². The van der Waals surface area contributed by atoms with Gasteiger partial charge in [0.1, 0.15) is 0 Å². The van der Waals surface area contributed by atoms with Crippen molar-refractivity contribution in [2.45, 2.75) is 44.8 Å². The Bertz CT molecular complexity index is 468. The monoisotopic (exact) mass is 282 g/mol. The van der Waals surface area contributed by atoms with Gasteiger partial charge in [0.15, 0.2) is 11.6 Å². The molecule has 0 amide bonds. The number of hydrogen-bond donors (Lipinski definition) is 2. The van der Waals surface area contributed by atoms with Gasteiger partial charge in [-0.25, -0.2) is 4.39 Å². The zero-order valence-corrected chi connectivity index (χ0v) is 12.3. The van der Waals surface area contributed by atoms with Crippen LogP contribution in [0, 0.1) is 5.82 Å². The van der Waals surface area contributed by atoms with E-state index in [1.165, 1.54) is 12.5 Å². The Balaban J connectivity index is 2.10. The van der Waals surface area contributed by atoms with Crippen molar-refractivity contribution in [1.82, 2.24) is 0 Å². The molecule has 0 unspecified atom stereocenters. The number of halogens is 1. The number of nitrogens with one attached hydrogen (secondary N) is 1. The Morgan fingerprint density at radius 3 is 2.60 bits per heavy atom. The van der Waals surface area contributed by atoms with Crippen molar-refractivity contribution in [1.29, 1.82) is 0 Å². The average molecular weight is 282 g/mol. The van der Waals surface area contributed by atoms with Crippen LogP contribution in [0.2, 0.25) is 0 Å². The summed E-state index contributed by atoms with van der Waals surface area (Å²) < 4.78 is 24.7. The van der Waals surface area contributed by atoms with E-state index in [9.17, 15) is 4.39 Å². The largest absolute Gasteiger partial charge is 0.488 e. The summed E-state index contributed by atoms with van der Waals surface area (Å²) in [6.07, 6.45) is 3.16. The van der Waals surface area contributed by atoms with E-state index in [1.807, 2.05) is 13.8 Å². The minimum atomic E-state index is -0.438. The van der Waals surface area contributed by atoms with Gasteiger partial charge in [0.25, 0.3) is 0 Å². The van der Waals surface area contributed by atoms with Crippen LogP contribution in [0.5, 0.6) is 5.75 Å². The lowest BCUT2D eigenvalue weighted by Crippen LogP contribution is -2.45.